The van der Waals surface area contributed by atoms with Crippen molar-refractivity contribution < 1.29 is 0 Å². The smallest absolute Gasteiger partial charge is 0.0795 e. The van der Waals surface area contributed by atoms with Gasteiger partial charge in [0.15, 0.2) is 0 Å². The zero-order chi connectivity index (χ0) is 13.4. The molecule has 3 heteroatoms. The Morgan fingerprint density at radius 3 is 2.75 bits per heavy atom. The fourth-order valence-electron chi connectivity index (χ4n) is 2.62. The molecule has 1 aromatic carbocycles. The van der Waals surface area contributed by atoms with E-state index in [4.69, 9.17) is 0 Å². The van der Waals surface area contributed by atoms with Gasteiger partial charge in [-0.15, -0.1) is 0 Å². The summed E-state index contributed by atoms with van der Waals surface area (Å²) in [5, 5.41) is 7.06. The molecule has 4 rings (SSSR count). The van der Waals surface area contributed by atoms with Crippen LogP contribution in [0.15, 0.2) is 54.9 Å². The molecule has 0 saturated heterocycles. The molecular weight excluding hydrogens is 246 g/mol. The highest BCUT2D eigenvalue weighted by atomic mass is 15.1. The molecule has 20 heavy (non-hydrogen) atoms. The van der Waals surface area contributed by atoms with Crippen molar-refractivity contribution in [3.63, 3.8) is 0 Å². The van der Waals surface area contributed by atoms with Gasteiger partial charge in [0.2, 0.25) is 0 Å². The quantitative estimate of drug-likeness (QED) is 0.773. The minimum atomic E-state index is 0.759. The lowest BCUT2D eigenvalue weighted by molar-refractivity contribution is 1.09. The Morgan fingerprint density at radius 1 is 1.00 bits per heavy atom. The Morgan fingerprint density at radius 2 is 1.95 bits per heavy atom. The number of aromatic amines is 1. The second-order valence-corrected chi connectivity index (χ2v) is 5.27. The van der Waals surface area contributed by atoms with Crippen molar-refractivity contribution in [3.8, 4) is 22.5 Å². The Bertz CT molecular complexity index is 728. The van der Waals surface area contributed by atoms with Crippen LogP contribution in [-0.4, -0.2) is 15.2 Å². The SMILES string of the molecule is c1cc(-c2ncccc2-c2ccn[nH]2)cc(C2CC2)c1. The van der Waals surface area contributed by atoms with E-state index in [2.05, 4.69) is 45.5 Å². The van der Waals surface area contributed by atoms with E-state index in [1.54, 1.807) is 6.20 Å². The lowest BCUT2D eigenvalue weighted by atomic mass is 10.0. The molecule has 3 aromatic rings. The number of rotatable bonds is 3. The zero-order valence-electron chi connectivity index (χ0n) is 11.1. The molecular formula is C17H15N3. The van der Waals surface area contributed by atoms with Gasteiger partial charge in [-0.3, -0.25) is 10.1 Å². The molecule has 0 aliphatic heterocycles. The van der Waals surface area contributed by atoms with E-state index < -0.39 is 0 Å². The van der Waals surface area contributed by atoms with Crippen LogP contribution in [0.25, 0.3) is 22.5 Å². The van der Waals surface area contributed by atoms with E-state index >= 15 is 0 Å². The molecule has 1 saturated carbocycles. The zero-order valence-corrected chi connectivity index (χ0v) is 11.1. The van der Waals surface area contributed by atoms with Gasteiger partial charge in [-0.05, 0) is 48.6 Å². The first-order valence-corrected chi connectivity index (χ1v) is 6.97. The van der Waals surface area contributed by atoms with E-state index in [0.29, 0.717) is 0 Å². The first-order chi connectivity index (χ1) is 9.92. The van der Waals surface area contributed by atoms with Crippen LogP contribution >= 0.6 is 0 Å². The molecule has 0 spiro atoms. The molecule has 2 aromatic heterocycles. The van der Waals surface area contributed by atoms with Crippen LogP contribution in [0.5, 0.6) is 0 Å². The van der Waals surface area contributed by atoms with Gasteiger partial charge in [-0.1, -0.05) is 18.2 Å². The Balaban J connectivity index is 1.84. The summed E-state index contributed by atoms with van der Waals surface area (Å²) in [6, 6.07) is 14.8. The topological polar surface area (TPSA) is 41.6 Å². The number of benzene rings is 1. The molecule has 2 heterocycles. The highest BCUT2D eigenvalue weighted by molar-refractivity contribution is 5.78. The van der Waals surface area contributed by atoms with E-state index in [0.717, 1.165) is 22.9 Å². The molecule has 1 aliphatic carbocycles. The Hall–Kier alpha value is -2.42. The van der Waals surface area contributed by atoms with E-state index in [9.17, 15) is 0 Å². The lowest BCUT2D eigenvalue weighted by Crippen LogP contribution is -1.90. The van der Waals surface area contributed by atoms with Crippen molar-refractivity contribution in [3.05, 3.63) is 60.4 Å². The normalized spacial score (nSPS) is 14.4. The predicted octanol–water partition coefficient (Wildman–Crippen LogP) is 4.02. The summed E-state index contributed by atoms with van der Waals surface area (Å²) in [5.74, 6) is 0.759. The summed E-state index contributed by atoms with van der Waals surface area (Å²) >= 11 is 0. The van der Waals surface area contributed by atoms with Crippen molar-refractivity contribution >= 4 is 0 Å². The molecule has 0 radical (unpaired) electrons. The van der Waals surface area contributed by atoms with Gasteiger partial charge in [0.05, 0.1) is 11.4 Å². The van der Waals surface area contributed by atoms with Crippen molar-refractivity contribution in [1.82, 2.24) is 15.2 Å². The van der Waals surface area contributed by atoms with Crippen molar-refractivity contribution in [2.75, 3.05) is 0 Å². The number of aromatic nitrogens is 3. The maximum absolute atomic E-state index is 4.58. The van der Waals surface area contributed by atoms with Gasteiger partial charge in [-0.2, -0.15) is 5.10 Å². The second kappa shape index (κ2) is 4.60. The second-order valence-electron chi connectivity index (χ2n) is 5.27. The first kappa shape index (κ1) is 11.4. The van der Waals surface area contributed by atoms with Crippen LogP contribution in [0.3, 0.4) is 0 Å². The van der Waals surface area contributed by atoms with Gasteiger partial charge >= 0.3 is 0 Å². The number of hydrogen-bond acceptors (Lipinski definition) is 2. The number of pyridine rings is 1. The van der Waals surface area contributed by atoms with Crippen molar-refractivity contribution in [2.24, 2.45) is 0 Å². The minimum absolute atomic E-state index is 0.759. The predicted molar refractivity (Wildman–Crippen MR) is 79.2 cm³/mol. The Labute approximate surface area is 117 Å². The van der Waals surface area contributed by atoms with Crippen molar-refractivity contribution in [1.29, 1.82) is 0 Å². The molecule has 1 fully saturated rings. The molecule has 3 nitrogen and oxygen atoms in total. The average Bonchev–Trinajstić information content (AvgIpc) is 3.22. The third-order valence-electron chi connectivity index (χ3n) is 3.81. The summed E-state index contributed by atoms with van der Waals surface area (Å²) in [7, 11) is 0. The van der Waals surface area contributed by atoms with Gasteiger partial charge in [-0.25, -0.2) is 0 Å². The molecule has 0 unspecified atom stereocenters. The average molecular weight is 261 g/mol. The standard InChI is InChI=1S/C17H15N3/c1-3-13(12-6-7-12)11-14(4-1)17-15(5-2-9-18-17)16-8-10-19-20-16/h1-5,8-12H,6-7H2,(H,19,20). The van der Waals surface area contributed by atoms with Gasteiger partial charge < -0.3 is 0 Å². The lowest BCUT2D eigenvalue weighted by Gasteiger charge is -2.08. The fourth-order valence-corrected chi connectivity index (χ4v) is 2.62. The molecule has 1 N–H and O–H groups in total. The Kier molecular flexibility index (Phi) is 2.62. The number of nitrogens with one attached hydrogen (secondary N) is 1. The number of nitrogens with zero attached hydrogens (tertiary/aromatic N) is 2. The minimum Gasteiger partial charge on any atom is -0.278 e. The number of H-pyrrole nitrogens is 1. The summed E-state index contributed by atoms with van der Waals surface area (Å²) in [6.07, 6.45) is 6.25. The number of hydrogen-bond donors (Lipinski definition) is 1. The monoisotopic (exact) mass is 261 g/mol. The van der Waals surface area contributed by atoms with Crippen LogP contribution in [0.4, 0.5) is 0 Å². The molecule has 0 atom stereocenters. The van der Waals surface area contributed by atoms with Crippen LogP contribution in [-0.2, 0) is 0 Å². The maximum atomic E-state index is 4.58. The van der Waals surface area contributed by atoms with Gasteiger partial charge in [0.1, 0.15) is 0 Å². The van der Waals surface area contributed by atoms with E-state index in [-0.39, 0.29) is 0 Å². The van der Waals surface area contributed by atoms with Crippen molar-refractivity contribution in [2.45, 2.75) is 18.8 Å². The largest absolute Gasteiger partial charge is 0.278 e. The summed E-state index contributed by atoms with van der Waals surface area (Å²) in [4.78, 5) is 4.58. The molecule has 0 amide bonds. The molecule has 1 aliphatic rings. The highest BCUT2D eigenvalue weighted by Crippen LogP contribution is 2.41. The summed E-state index contributed by atoms with van der Waals surface area (Å²) in [6.45, 7) is 0. The summed E-state index contributed by atoms with van der Waals surface area (Å²) in [5.41, 5.74) is 5.73. The first-order valence-electron chi connectivity index (χ1n) is 6.97. The highest BCUT2D eigenvalue weighted by Gasteiger charge is 2.23. The summed E-state index contributed by atoms with van der Waals surface area (Å²) < 4.78 is 0. The van der Waals surface area contributed by atoms with Gasteiger partial charge in [0, 0.05) is 23.5 Å². The maximum Gasteiger partial charge on any atom is 0.0795 e. The third-order valence-corrected chi connectivity index (χ3v) is 3.81. The van der Waals surface area contributed by atoms with Crippen LogP contribution in [0.1, 0.15) is 24.3 Å². The molecule has 98 valence electrons. The van der Waals surface area contributed by atoms with E-state index in [1.165, 1.54) is 24.0 Å². The van der Waals surface area contributed by atoms with Crippen LogP contribution in [0.2, 0.25) is 0 Å². The van der Waals surface area contributed by atoms with Crippen LogP contribution in [0, 0.1) is 0 Å². The van der Waals surface area contributed by atoms with E-state index in [1.807, 2.05) is 18.3 Å². The third kappa shape index (κ3) is 2.01. The van der Waals surface area contributed by atoms with Gasteiger partial charge in [0.25, 0.3) is 0 Å². The fraction of sp³-hybridized carbons (Fsp3) is 0.176. The molecule has 0 bridgehead atoms. The van der Waals surface area contributed by atoms with Crippen LogP contribution < -0.4 is 0 Å².